The molecule has 1 amide bonds. The number of carbonyl (C=O) groups excluding carboxylic acids is 1. The third-order valence-corrected chi connectivity index (χ3v) is 3.87. The minimum atomic E-state index is -1.16. The van der Waals surface area contributed by atoms with Crippen molar-refractivity contribution in [2.45, 2.75) is 44.4 Å². The Labute approximate surface area is 145 Å². The lowest BCUT2D eigenvalue weighted by Crippen LogP contribution is -2.41. The lowest BCUT2D eigenvalue weighted by Gasteiger charge is -2.21. The van der Waals surface area contributed by atoms with Gasteiger partial charge in [-0.15, -0.1) is 0 Å². The molecule has 2 rings (SSSR count). The van der Waals surface area contributed by atoms with Crippen LogP contribution in [-0.2, 0) is 21.0 Å². The van der Waals surface area contributed by atoms with Crippen LogP contribution in [0.1, 0.15) is 31.2 Å². The zero-order valence-electron chi connectivity index (χ0n) is 13.9. The average Bonchev–Trinajstić information content (AvgIpc) is 3.10. The molecule has 8 heteroatoms. The smallest absolute Gasteiger partial charge is 0.326 e. The van der Waals surface area contributed by atoms with E-state index in [4.69, 9.17) is 21.1 Å². The van der Waals surface area contributed by atoms with Crippen molar-refractivity contribution in [1.29, 1.82) is 0 Å². The second kappa shape index (κ2) is 10.4. The molecular formula is C17H24N2O6. The molecule has 1 fully saturated rings. The molecule has 0 aromatic heterocycles. The standard InChI is InChI=1S/C10H16N2O5.C7H8O/c11-6(9(14)15)3-4-8(13)12-5-1-2-7(12)10(16)17;8-6-7-4-2-1-3-5-7/h6-7H,1-5,11H2,(H,14,15)(H,16,17);1-5,8H,6H2/t6-,7?;/m0./s1. The molecule has 8 nitrogen and oxygen atoms in total. The number of amides is 1. The predicted octanol–water partition coefficient (Wildman–Crippen LogP) is 0.433. The molecule has 1 unspecified atom stereocenters. The minimum absolute atomic E-state index is 0.0248. The molecule has 1 aromatic rings. The average molecular weight is 352 g/mol. The van der Waals surface area contributed by atoms with Gasteiger partial charge in [0.1, 0.15) is 12.1 Å². The van der Waals surface area contributed by atoms with Crippen molar-refractivity contribution in [3.8, 4) is 0 Å². The molecule has 138 valence electrons. The minimum Gasteiger partial charge on any atom is -0.480 e. The second-order valence-electron chi connectivity index (χ2n) is 5.71. The topological polar surface area (TPSA) is 141 Å². The maximum atomic E-state index is 11.7. The van der Waals surface area contributed by atoms with Gasteiger partial charge >= 0.3 is 11.9 Å². The maximum Gasteiger partial charge on any atom is 0.326 e. The van der Waals surface area contributed by atoms with Crippen LogP contribution in [0.5, 0.6) is 0 Å². The summed E-state index contributed by atoms with van der Waals surface area (Å²) in [5.74, 6) is -2.51. The highest BCUT2D eigenvalue weighted by molar-refractivity contribution is 5.84. The van der Waals surface area contributed by atoms with Crippen molar-refractivity contribution in [1.82, 2.24) is 4.90 Å². The molecular weight excluding hydrogens is 328 g/mol. The fraction of sp³-hybridized carbons (Fsp3) is 0.471. The monoisotopic (exact) mass is 352 g/mol. The normalized spacial score (nSPS) is 17.4. The van der Waals surface area contributed by atoms with Crippen molar-refractivity contribution in [2.75, 3.05) is 6.54 Å². The molecule has 0 spiro atoms. The molecule has 1 saturated heterocycles. The van der Waals surface area contributed by atoms with Crippen LogP contribution in [0.2, 0.25) is 0 Å². The highest BCUT2D eigenvalue weighted by Gasteiger charge is 2.33. The van der Waals surface area contributed by atoms with E-state index in [-0.39, 0.29) is 25.4 Å². The lowest BCUT2D eigenvalue weighted by atomic mass is 10.1. The number of benzene rings is 1. The summed E-state index contributed by atoms with van der Waals surface area (Å²) in [6.45, 7) is 0.555. The third-order valence-electron chi connectivity index (χ3n) is 3.87. The molecule has 5 N–H and O–H groups in total. The quantitative estimate of drug-likeness (QED) is 0.582. The Morgan fingerprint density at radius 2 is 1.84 bits per heavy atom. The zero-order chi connectivity index (χ0) is 18.8. The highest BCUT2D eigenvalue weighted by atomic mass is 16.4. The van der Waals surface area contributed by atoms with Gasteiger partial charge in [0.05, 0.1) is 6.61 Å². The number of carboxylic acids is 2. The van der Waals surface area contributed by atoms with Gasteiger partial charge < -0.3 is 26.0 Å². The van der Waals surface area contributed by atoms with E-state index >= 15 is 0 Å². The van der Waals surface area contributed by atoms with Gasteiger partial charge in [-0.2, -0.15) is 0 Å². The number of hydrogen-bond acceptors (Lipinski definition) is 5. The number of likely N-dealkylation sites (tertiary alicyclic amines) is 1. The molecule has 1 aromatic carbocycles. The summed E-state index contributed by atoms with van der Waals surface area (Å²) in [5, 5.41) is 26.0. The summed E-state index contributed by atoms with van der Waals surface area (Å²) < 4.78 is 0. The van der Waals surface area contributed by atoms with Crippen LogP contribution in [0.15, 0.2) is 30.3 Å². The summed E-state index contributed by atoms with van der Waals surface area (Å²) >= 11 is 0. The molecule has 0 bridgehead atoms. The Morgan fingerprint density at radius 1 is 1.20 bits per heavy atom. The molecule has 1 heterocycles. The summed E-state index contributed by atoms with van der Waals surface area (Å²) in [6.07, 6.45) is 1.11. The third kappa shape index (κ3) is 6.90. The first kappa shape index (κ1) is 20.6. The molecule has 1 aliphatic rings. The first-order chi connectivity index (χ1) is 11.9. The van der Waals surface area contributed by atoms with Gasteiger partial charge in [0.15, 0.2) is 0 Å². The van der Waals surface area contributed by atoms with Gasteiger partial charge in [-0.05, 0) is 24.8 Å². The summed E-state index contributed by atoms with van der Waals surface area (Å²) in [7, 11) is 0. The molecule has 0 saturated carbocycles. The van der Waals surface area contributed by atoms with Gasteiger partial charge in [0, 0.05) is 13.0 Å². The van der Waals surface area contributed by atoms with E-state index in [1.807, 2.05) is 30.3 Å². The van der Waals surface area contributed by atoms with E-state index in [0.29, 0.717) is 19.4 Å². The number of aliphatic hydroxyl groups excluding tert-OH is 1. The first-order valence-electron chi connectivity index (χ1n) is 8.02. The predicted molar refractivity (Wildman–Crippen MR) is 89.6 cm³/mol. The number of nitrogens with two attached hydrogens (primary N) is 1. The Morgan fingerprint density at radius 3 is 2.32 bits per heavy atom. The Kier molecular flexibility index (Phi) is 8.59. The second-order valence-corrected chi connectivity index (χ2v) is 5.71. The van der Waals surface area contributed by atoms with E-state index in [2.05, 4.69) is 0 Å². The van der Waals surface area contributed by atoms with Crippen LogP contribution >= 0.6 is 0 Å². The van der Waals surface area contributed by atoms with Crippen LogP contribution in [-0.4, -0.2) is 56.7 Å². The van der Waals surface area contributed by atoms with Gasteiger partial charge in [0.2, 0.25) is 5.91 Å². The molecule has 1 aliphatic heterocycles. The molecule has 25 heavy (non-hydrogen) atoms. The maximum absolute atomic E-state index is 11.7. The number of carbonyl (C=O) groups is 3. The van der Waals surface area contributed by atoms with E-state index in [1.165, 1.54) is 4.90 Å². The number of aliphatic carboxylic acids is 2. The largest absolute Gasteiger partial charge is 0.480 e. The van der Waals surface area contributed by atoms with Crippen molar-refractivity contribution in [2.24, 2.45) is 5.73 Å². The Bertz CT molecular complexity index is 578. The Hall–Kier alpha value is -2.45. The summed E-state index contributed by atoms with van der Waals surface area (Å²) in [6, 6.07) is 7.67. The fourth-order valence-corrected chi connectivity index (χ4v) is 2.45. The molecule has 0 radical (unpaired) electrons. The first-order valence-corrected chi connectivity index (χ1v) is 8.02. The van der Waals surface area contributed by atoms with Crippen molar-refractivity contribution >= 4 is 17.8 Å². The van der Waals surface area contributed by atoms with Crippen molar-refractivity contribution < 1.29 is 29.7 Å². The summed E-state index contributed by atoms with van der Waals surface area (Å²) in [5.41, 5.74) is 6.24. The van der Waals surface area contributed by atoms with Crippen molar-refractivity contribution in [3.05, 3.63) is 35.9 Å². The van der Waals surface area contributed by atoms with Gasteiger partial charge in [0.25, 0.3) is 0 Å². The zero-order valence-corrected chi connectivity index (χ0v) is 13.9. The van der Waals surface area contributed by atoms with Gasteiger partial charge in [-0.1, -0.05) is 30.3 Å². The number of rotatable bonds is 6. The summed E-state index contributed by atoms with van der Waals surface area (Å²) in [4.78, 5) is 34.3. The van der Waals surface area contributed by atoms with E-state index < -0.39 is 24.0 Å². The number of carboxylic acid groups (broad SMARTS) is 2. The fourth-order valence-electron chi connectivity index (χ4n) is 2.45. The molecule has 0 aliphatic carbocycles. The van der Waals surface area contributed by atoms with Crippen molar-refractivity contribution in [3.63, 3.8) is 0 Å². The van der Waals surface area contributed by atoms with Gasteiger partial charge in [-0.3, -0.25) is 9.59 Å². The highest BCUT2D eigenvalue weighted by Crippen LogP contribution is 2.19. The van der Waals surface area contributed by atoms with E-state index in [0.717, 1.165) is 5.56 Å². The van der Waals surface area contributed by atoms with E-state index in [9.17, 15) is 14.4 Å². The van der Waals surface area contributed by atoms with E-state index in [1.54, 1.807) is 0 Å². The van der Waals surface area contributed by atoms with Crippen LogP contribution < -0.4 is 5.73 Å². The lowest BCUT2D eigenvalue weighted by molar-refractivity contribution is -0.148. The van der Waals surface area contributed by atoms with Crippen LogP contribution in [0, 0.1) is 0 Å². The number of nitrogens with zero attached hydrogens (tertiary/aromatic N) is 1. The molecule has 2 atom stereocenters. The van der Waals surface area contributed by atoms with Crippen LogP contribution in [0.3, 0.4) is 0 Å². The number of aliphatic hydroxyl groups is 1. The van der Waals surface area contributed by atoms with Crippen LogP contribution in [0.25, 0.3) is 0 Å². The number of hydrogen-bond donors (Lipinski definition) is 4. The Balaban J connectivity index is 0.000000324. The SMILES string of the molecule is N[C@@H](CCC(=O)N1CCCC1C(=O)O)C(=O)O.OCc1ccccc1. The van der Waals surface area contributed by atoms with Crippen LogP contribution in [0.4, 0.5) is 0 Å². The van der Waals surface area contributed by atoms with Gasteiger partial charge in [-0.25, -0.2) is 4.79 Å².